The van der Waals surface area contributed by atoms with Gasteiger partial charge in [0, 0.05) is 17.3 Å². The molecule has 0 spiro atoms. The van der Waals surface area contributed by atoms with Gasteiger partial charge in [0.15, 0.2) is 0 Å². The molecule has 0 unspecified atom stereocenters. The molecule has 1 aliphatic heterocycles. The smallest absolute Gasteiger partial charge is 0.100 e. The lowest BCUT2D eigenvalue weighted by Crippen LogP contribution is -2.24. The standard InChI is InChI=1S/C10H11ClN2/c1-8-12-6-7-13(8)10-4-2-9(11)3-5-10/h2-5H,6-7H2,1H3. The number of nitrogens with zero attached hydrogens (tertiary/aromatic N) is 2. The second-order valence-electron chi connectivity index (χ2n) is 3.06. The van der Waals surface area contributed by atoms with Gasteiger partial charge in [-0.3, -0.25) is 4.99 Å². The summed E-state index contributed by atoms with van der Waals surface area (Å²) in [4.78, 5) is 6.52. The van der Waals surface area contributed by atoms with Crippen molar-refractivity contribution in [3.63, 3.8) is 0 Å². The zero-order chi connectivity index (χ0) is 9.26. The van der Waals surface area contributed by atoms with Crippen molar-refractivity contribution in [2.45, 2.75) is 6.92 Å². The normalized spacial score (nSPS) is 16.2. The first-order chi connectivity index (χ1) is 6.27. The lowest BCUT2D eigenvalue weighted by Gasteiger charge is -2.17. The molecule has 0 radical (unpaired) electrons. The van der Waals surface area contributed by atoms with Gasteiger partial charge in [-0.25, -0.2) is 0 Å². The van der Waals surface area contributed by atoms with Crippen LogP contribution >= 0.6 is 11.6 Å². The number of hydrogen-bond acceptors (Lipinski definition) is 2. The van der Waals surface area contributed by atoms with E-state index in [0.29, 0.717) is 0 Å². The topological polar surface area (TPSA) is 15.6 Å². The fraction of sp³-hybridized carbons (Fsp3) is 0.300. The maximum atomic E-state index is 5.81. The lowest BCUT2D eigenvalue weighted by molar-refractivity contribution is 1.02. The molecule has 0 fully saturated rings. The number of benzene rings is 1. The Labute approximate surface area is 82.8 Å². The average molecular weight is 195 g/mol. The Morgan fingerprint density at radius 1 is 1.31 bits per heavy atom. The molecule has 0 atom stereocenters. The highest BCUT2D eigenvalue weighted by molar-refractivity contribution is 6.30. The van der Waals surface area contributed by atoms with Crippen molar-refractivity contribution in [3.05, 3.63) is 29.3 Å². The summed E-state index contributed by atoms with van der Waals surface area (Å²) in [5.74, 6) is 1.09. The maximum Gasteiger partial charge on any atom is 0.100 e. The predicted molar refractivity (Wildman–Crippen MR) is 56.8 cm³/mol. The number of rotatable bonds is 1. The summed E-state index contributed by atoms with van der Waals surface area (Å²) >= 11 is 5.81. The van der Waals surface area contributed by atoms with Crippen LogP contribution in [0.1, 0.15) is 6.92 Å². The van der Waals surface area contributed by atoms with E-state index < -0.39 is 0 Å². The number of anilines is 1. The van der Waals surface area contributed by atoms with Gasteiger partial charge in [-0.05, 0) is 31.2 Å². The molecule has 68 valence electrons. The number of aliphatic imine (C=N–C) groups is 1. The van der Waals surface area contributed by atoms with E-state index in [0.717, 1.165) is 23.9 Å². The molecule has 0 bridgehead atoms. The summed E-state index contributed by atoms with van der Waals surface area (Å²) < 4.78 is 0. The Hall–Kier alpha value is -1.02. The molecule has 1 aromatic rings. The van der Waals surface area contributed by atoms with Gasteiger partial charge < -0.3 is 4.90 Å². The van der Waals surface area contributed by atoms with Crippen molar-refractivity contribution in [2.24, 2.45) is 4.99 Å². The Balaban J connectivity index is 2.26. The van der Waals surface area contributed by atoms with Gasteiger partial charge in [0.25, 0.3) is 0 Å². The van der Waals surface area contributed by atoms with Gasteiger partial charge in [0.1, 0.15) is 5.84 Å². The van der Waals surface area contributed by atoms with E-state index in [1.807, 2.05) is 31.2 Å². The fourth-order valence-electron chi connectivity index (χ4n) is 1.50. The zero-order valence-electron chi connectivity index (χ0n) is 7.50. The largest absolute Gasteiger partial charge is 0.329 e. The maximum absolute atomic E-state index is 5.81. The molecule has 3 heteroatoms. The summed E-state index contributed by atoms with van der Waals surface area (Å²) in [6.07, 6.45) is 0. The van der Waals surface area contributed by atoms with Crippen LogP contribution in [-0.4, -0.2) is 18.9 Å². The average Bonchev–Trinajstić information content (AvgIpc) is 2.53. The van der Waals surface area contributed by atoms with Crippen molar-refractivity contribution in [2.75, 3.05) is 18.0 Å². The van der Waals surface area contributed by atoms with Gasteiger partial charge >= 0.3 is 0 Å². The van der Waals surface area contributed by atoms with Crippen LogP contribution in [0.3, 0.4) is 0 Å². The Morgan fingerprint density at radius 2 is 2.00 bits per heavy atom. The van der Waals surface area contributed by atoms with Crippen LogP contribution in [-0.2, 0) is 0 Å². The van der Waals surface area contributed by atoms with Gasteiger partial charge in [0.2, 0.25) is 0 Å². The van der Waals surface area contributed by atoms with Crippen LogP contribution < -0.4 is 4.90 Å². The molecule has 0 N–H and O–H groups in total. The third-order valence-corrected chi connectivity index (χ3v) is 2.45. The summed E-state index contributed by atoms with van der Waals surface area (Å²) in [7, 11) is 0. The van der Waals surface area contributed by atoms with Crippen LogP contribution in [0, 0.1) is 0 Å². The second-order valence-corrected chi connectivity index (χ2v) is 3.49. The minimum Gasteiger partial charge on any atom is -0.329 e. The van der Waals surface area contributed by atoms with E-state index in [-0.39, 0.29) is 0 Å². The molecule has 0 aromatic heterocycles. The molecule has 0 aliphatic carbocycles. The molecule has 1 aromatic carbocycles. The number of amidine groups is 1. The van der Waals surface area contributed by atoms with Crippen LogP contribution in [0.2, 0.25) is 5.02 Å². The number of hydrogen-bond donors (Lipinski definition) is 0. The highest BCUT2D eigenvalue weighted by Crippen LogP contribution is 2.19. The monoisotopic (exact) mass is 194 g/mol. The molecule has 0 saturated heterocycles. The van der Waals surface area contributed by atoms with Crippen molar-refractivity contribution < 1.29 is 0 Å². The first kappa shape index (κ1) is 8.57. The van der Waals surface area contributed by atoms with E-state index in [9.17, 15) is 0 Å². The summed E-state index contributed by atoms with van der Waals surface area (Å²) in [5, 5.41) is 0.775. The van der Waals surface area contributed by atoms with E-state index >= 15 is 0 Å². The van der Waals surface area contributed by atoms with Gasteiger partial charge in [-0.2, -0.15) is 0 Å². The highest BCUT2D eigenvalue weighted by Gasteiger charge is 2.13. The third-order valence-electron chi connectivity index (χ3n) is 2.19. The van der Waals surface area contributed by atoms with Crippen LogP contribution in [0.5, 0.6) is 0 Å². The molecule has 1 aliphatic rings. The first-order valence-electron chi connectivity index (χ1n) is 4.31. The van der Waals surface area contributed by atoms with Crippen molar-refractivity contribution >= 4 is 23.1 Å². The molecule has 1 heterocycles. The van der Waals surface area contributed by atoms with Crippen LogP contribution in [0.4, 0.5) is 5.69 Å². The highest BCUT2D eigenvalue weighted by atomic mass is 35.5. The van der Waals surface area contributed by atoms with E-state index in [1.54, 1.807) is 0 Å². The van der Waals surface area contributed by atoms with Crippen LogP contribution in [0.25, 0.3) is 0 Å². The molecular formula is C10H11ClN2. The van der Waals surface area contributed by atoms with Crippen LogP contribution in [0.15, 0.2) is 29.3 Å². The molecule has 13 heavy (non-hydrogen) atoms. The van der Waals surface area contributed by atoms with Gasteiger partial charge in [-0.1, -0.05) is 11.6 Å². The lowest BCUT2D eigenvalue weighted by atomic mass is 10.3. The molecule has 2 rings (SSSR count). The van der Waals surface area contributed by atoms with E-state index in [2.05, 4.69) is 9.89 Å². The fourth-order valence-corrected chi connectivity index (χ4v) is 1.62. The quantitative estimate of drug-likeness (QED) is 0.671. The second kappa shape index (κ2) is 3.38. The van der Waals surface area contributed by atoms with Gasteiger partial charge in [0.05, 0.1) is 6.54 Å². The minimum atomic E-state index is 0.775. The summed E-state index contributed by atoms with van der Waals surface area (Å²) in [6, 6.07) is 7.85. The van der Waals surface area contributed by atoms with E-state index in [1.165, 1.54) is 5.69 Å². The van der Waals surface area contributed by atoms with Crippen molar-refractivity contribution in [1.82, 2.24) is 0 Å². The molecule has 2 nitrogen and oxygen atoms in total. The van der Waals surface area contributed by atoms with Gasteiger partial charge in [-0.15, -0.1) is 0 Å². The SMILES string of the molecule is CC1=NCCN1c1ccc(Cl)cc1. The van der Waals surface area contributed by atoms with Crippen molar-refractivity contribution in [3.8, 4) is 0 Å². The molecule has 0 saturated carbocycles. The molecule has 0 amide bonds. The third kappa shape index (κ3) is 1.68. The Bertz CT molecular complexity index is 329. The Kier molecular flexibility index (Phi) is 2.23. The predicted octanol–water partition coefficient (Wildman–Crippen LogP) is 2.58. The molecular weight excluding hydrogens is 184 g/mol. The summed E-state index contributed by atoms with van der Waals surface area (Å²) in [5.41, 5.74) is 1.17. The Morgan fingerprint density at radius 3 is 2.54 bits per heavy atom. The first-order valence-corrected chi connectivity index (χ1v) is 4.69. The minimum absolute atomic E-state index is 0.775. The number of halogens is 1. The van der Waals surface area contributed by atoms with Crippen molar-refractivity contribution in [1.29, 1.82) is 0 Å². The summed E-state index contributed by atoms with van der Waals surface area (Å²) in [6.45, 7) is 3.91. The zero-order valence-corrected chi connectivity index (χ0v) is 8.25. The van der Waals surface area contributed by atoms with E-state index in [4.69, 9.17) is 11.6 Å².